The van der Waals surface area contributed by atoms with Crippen molar-refractivity contribution < 1.29 is 8.78 Å². The number of benzene rings is 9. The lowest BCUT2D eigenvalue weighted by Gasteiger charge is -2.20. The van der Waals surface area contributed by atoms with Gasteiger partial charge in [0.1, 0.15) is 11.6 Å². The Labute approximate surface area is 277 Å². The minimum Gasteiger partial charge on any atom is -0.207 e. The number of rotatable bonds is 4. The lowest BCUT2D eigenvalue weighted by Crippen LogP contribution is -1.93. The van der Waals surface area contributed by atoms with Gasteiger partial charge < -0.3 is 0 Å². The van der Waals surface area contributed by atoms with Gasteiger partial charge in [-0.3, -0.25) is 0 Å². The molecule has 0 amide bonds. The second kappa shape index (κ2) is 11.3. The van der Waals surface area contributed by atoms with Crippen LogP contribution in [0.25, 0.3) is 87.6 Å². The molecular formula is C46H28F2. The number of fused-ring (bicyclic) bond motifs is 4. The molecule has 9 aromatic carbocycles. The monoisotopic (exact) mass is 618 g/mol. The Kier molecular flexibility index (Phi) is 6.62. The largest absolute Gasteiger partial charge is 0.207 e. The van der Waals surface area contributed by atoms with Crippen molar-refractivity contribution >= 4 is 43.1 Å². The maximum absolute atomic E-state index is 14.0. The molecule has 0 aromatic heterocycles. The molecule has 0 saturated carbocycles. The van der Waals surface area contributed by atoms with Crippen LogP contribution in [0, 0.1) is 11.6 Å². The highest BCUT2D eigenvalue weighted by Crippen LogP contribution is 2.46. The molecule has 0 N–H and O–H groups in total. The summed E-state index contributed by atoms with van der Waals surface area (Å²) in [6.45, 7) is 0. The fourth-order valence-corrected chi connectivity index (χ4v) is 7.18. The van der Waals surface area contributed by atoms with Crippen LogP contribution in [0.4, 0.5) is 8.78 Å². The van der Waals surface area contributed by atoms with E-state index < -0.39 is 0 Å². The molecule has 0 nitrogen and oxygen atoms in total. The predicted octanol–water partition coefficient (Wildman–Crippen LogP) is 13.2. The van der Waals surface area contributed by atoms with Crippen molar-refractivity contribution in [3.05, 3.63) is 181 Å². The van der Waals surface area contributed by atoms with E-state index in [0.717, 1.165) is 66.1 Å². The van der Waals surface area contributed by atoms with E-state index in [1.807, 2.05) is 24.3 Å². The smallest absolute Gasteiger partial charge is 0.123 e. The fraction of sp³-hybridized carbons (Fsp3) is 0. The van der Waals surface area contributed by atoms with Gasteiger partial charge in [-0.05, 0) is 136 Å². The van der Waals surface area contributed by atoms with Crippen molar-refractivity contribution in [2.75, 3.05) is 0 Å². The summed E-state index contributed by atoms with van der Waals surface area (Å²) in [5.41, 5.74) is 8.50. The maximum atomic E-state index is 14.0. The van der Waals surface area contributed by atoms with E-state index in [1.54, 1.807) is 0 Å². The van der Waals surface area contributed by atoms with Gasteiger partial charge in [-0.1, -0.05) is 121 Å². The minimum atomic E-state index is -0.252. The number of halogens is 2. The van der Waals surface area contributed by atoms with Gasteiger partial charge in [0, 0.05) is 0 Å². The molecule has 0 aliphatic rings. The highest BCUT2D eigenvalue weighted by molar-refractivity contribution is 6.23. The van der Waals surface area contributed by atoms with E-state index in [0.29, 0.717) is 0 Å². The Morgan fingerprint density at radius 3 is 1.02 bits per heavy atom. The van der Waals surface area contributed by atoms with Crippen LogP contribution in [0.3, 0.4) is 0 Å². The van der Waals surface area contributed by atoms with Gasteiger partial charge in [0.2, 0.25) is 0 Å². The molecule has 0 aliphatic carbocycles. The molecule has 9 aromatic rings. The molecule has 9 rings (SSSR count). The van der Waals surface area contributed by atoms with Crippen LogP contribution in [-0.4, -0.2) is 0 Å². The van der Waals surface area contributed by atoms with Crippen LogP contribution in [-0.2, 0) is 0 Å². The van der Waals surface area contributed by atoms with Crippen LogP contribution in [0.15, 0.2) is 170 Å². The molecule has 0 radical (unpaired) electrons. The molecule has 0 heterocycles. The van der Waals surface area contributed by atoms with E-state index in [-0.39, 0.29) is 11.6 Å². The Morgan fingerprint density at radius 2 is 0.604 bits per heavy atom. The van der Waals surface area contributed by atoms with Crippen LogP contribution >= 0.6 is 0 Å². The van der Waals surface area contributed by atoms with E-state index in [9.17, 15) is 8.78 Å². The molecule has 0 fully saturated rings. The molecule has 0 saturated heterocycles. The Hall–Kier alpha value is -6.12. The first-order valence-electron chi connectivity index (χ1n) is 16.1. The summed E-state index contributed by atoms with van der Waals surface area (Å²) in [5, 5.41) is 9.22. The molecule has 0 aliphatic heterocycles. The quantitative estimate of drug-likeness (QED) is 0.172. The molecule has 0 atom stereocenters. The second-order valence-electron chi connectivity index (χ2n) is 12.4. The fourth-order valence-electron chi connectivity index (χ4n) is 7.18. The maximum Gasteiger partial charge on any atom is 0.123 e. The first-order valence-corrected chi connectivity index (χ1v) is 16.1. The topological polar surface area (TPSA) is 0 Å². The Bertz CT molecular complexity index is 2480. The number of hydrogen-bond donors (Lipinski definition) is 0. The van der Waals surface area contributed by atoms with E-state index in [4.69, 9.17) is 0 Å². The minimum absolute atomic E-state index is 0.252. The van der Waals surface area contributed by atoms with Gasteiger partial charge in [0.05, 0.1) is 0 Å². The summed E-state index contributed by atoms with van der Waals surface area (Å²) < 4.78 is 27.9. The van der Waals surface area contributed by atoms with E-state index in [2.05, 4.69) is 121 Å². The Balaban J connectivity index is 1.42. The third kappa shape index (κ3) is 4.82. The average Bonchev–Trinajstić information content (AvgIpc) is 3.13. The normalized spacial score (nSPS) is 11.5. The van der Waals surface area contributed by atoms with Gasteiger partial charge in [0.25, 0.3) is 0 Å². The molecule has 48 heavy (non-hydrogen) atoms. The van der Waals surface area contributed by atoms with Crippen LogP contribution < -0.4 is 0 Å². The standard InChI is InChI=1S/C46H28F2/c47-39-19-13-31(14-20-39)35-18-24-42-43(27-35)45(37-11-9-29-5-1-3-7-33(29)25-37)41-23-17-36(32-15-21-40(48)22-16-32)28-44(41)46(42)38-12-10-30-6-2-4-8-34(30)26-38/h1-28H. The van der Waals surface area contributed by atoms with Gasteiger partial charge in [0.15, 0.2) is 0 Å². The van der Waals surface area contributed by atoms with Crippen molar-refractivity contribution in [1.82, 2.24) is 0 Å². The van der Waals surface area contributed by atoms with Crippen molar-refractivity contribution in [3.8, 4) is 44.5 Å². The van der Waals surface area contributed by atoms with Crippen molar-refractivity contribution in [2.24, 2.45) is 0 Å². The second-order valence-corrected chi connectivity index (χ2v) is 12.4. The van der Waals surface area contributed by atoms with Crippen molar-refractivity contribution in [1.29, 1.82) is 0 Å². The first-order chi connectivity index (χ1) is 23.6. The summed E-state index contributed by atoms with van der Waals surface area (Å²) in [4.78, 5) is 0. The van der Waals surface area contributed by atoms with E-state index >= 15 is 0 Å². The summed E-state index contributed by atoms with van der Waals surface area (Å²) in [6.07, 6.45) is 0. The molecule has 2 heteroatoms. The summed E-state index contributed by atoms with van der Waals surface area (Å²) in [6, 6.07) is 56.9. The molecule has 226 valence electrons. The molecule has 0 bridgehead atoms. The van der Waals surface area contributed by atoms with Crippen molar-refractivity contribution in [3.63, 3.8) is 0 Å². The highest BCUT2D eigenvalue weighted by atomic mass is 19.1. The molecule has 0 spiro atoms. The summed E-state index contributed by atoms with van der Waals surface area (Å²) in [7, 11) is 0. The zero-order chi connectivity index (χ0) is 32.2. The van der Waals surface area contributed by atoms with Gasteiger partial charge in [-0.25, -0.2) is 8.78 Å². The Morgan fingerprint density at radius 1 is 0.250 bits per heavy atom. The highest BCUT2D eigenvalue weighted by Gasteiger charge is 2.19. The third-order valence-corrected chi connectivity index (χ3v) is 9.55. The van der Waals surface area contributed by atoms with Crippen LogP contribution in [0.1, 0.15) is 0 Å². The van der Waals surface area contributed by atoms with Crippen LogP contribution in [0.2, 0.25) is 0 Å². The van der Waals surface area contributed by atoms with Crippen LogP contribution in [0.5, 0.6) is 0 Å². The average molecular weight is 619 g/mol. The van der Waals surface area contributed by atoms with Crippen molar-refractivity contribution in [2.45, 2.75) is 0 Å². The number of hydrogen-bond acceptors (Lipinski definition) is 0. The molecule has 0 unspecified atom stereocenters. The summed E-state index contributed by atoms with van der Waals surface area (Å²) >= 11 is 0. The predicted molar refractivity (Wildman–Crippen MR) is 198 cm³/mol. The zero-order valence-corrected chi connectivity index (χ0v) is 25.9. The zero-order valence-electron chi connectivity index (χ0n) is 25.9. The third-order valence-electron chi connectivity index (χ3n) is 9.55. The summed E-state index contributed by atoms with van der Waals surface area (Å²) in [5.74, 6) is -0.504. The molecular weight excluding hydrogens is 591 g/mol. The lowest BCUT2D eigenvalue weighted by molar-refractivity contribution is 0.627. The van der Waals surface area contributed by atoms with Gasteiger partial charge in [-0.15, -0.1) is 0 Å². The lowest BCUT2D eigenvalue weighted by atomic mass is 9.83. The van der Waals surface area contributed by atoms with E-state index in [1.165, 1.54) is 45.8 Å². The van der Waals surface area contributed by atoms with Gasteiger partial charge >= 0.3 is 0 Å². The van der Waals surface area contributed by atoms with Gasteiger partial charge in [-0.2, -0.15) is 0 Å². The first kappa shape index (κ1) is 28.1. The SMILES string of the molecule is Fc1ccc(-c2ccc3c(-c4ccc5ccccc5c4)c4cc(-c5ccc(F)cc5)ccc4c(-c4ccc5ccccc5c4)c3c2)cc1.